The Morgan fingerprint density at radius 2 is 1.77 bits per heavy atom. The zero-order chi connectivity index (χ0) is 15.8. The Kier molecular flexibility index (Phi) is 6.86. The van der Waals surface area contributed by atoms with Crippen LogP contribution in [-0.4, -0.2) is 60.8 Å². The number of nitrogens with zero attached hydrogens (tertiary/aromatic N) is 3. The van der Waals surface area contributed by atoms with Crippen molar-refractivity contribution in [3.05, 3.63) is 11.9 Å². The summed E-state index contributed by atoms with van der Waals surface area (Å²) in [4.78, 5) is 11.3. The van der Waals surface area contributed by atoms with Crippen molar-refractivity contribution in [1.29, 1.82) is 0 Å². The van der Waals surface area contributed by atoms with Gasteiger partial charge in [0.05, 0.1) is 13.2 Å². The first-order chi connectivity index (χ1) is 10.6. The van der Waals surface area contributed by atoms with Crippen molar-refractivity contribution in [1.82, 2.24) is 14.9 Å². The summed E-state index contributed by atoms with van der Waals surface area (Å²) in [7, 11) is 0. The molecular formula is C16H29N5O. The van der Waals surface area contributed by atoms with Crippen LogP contribution in [0.25, 0.3) is 0 Å². The Bertz CT molecular complexity index is 446. The maximum Gasteiger partial charge on any atom is 0.131 e. The maximum absolute atomic E-state index is 5.36. The molecule has 0 saturated carbocycles. The first-order valence-corrected chi connectivity index (χ1v) is 8.27. The first kappa shape index (κ1) is 17.0. The molecule has 22 heavy (non-hydrogen) atoms. The topological polar surface area (TPSA) is 62.3 Å². The average Bonchev–Trinajstić information content (AvgIpc) is 2.47. The standard InChI is InChI=1S/C16H29N5O/c1-13(2)4-5-17-15-12-16(20-14(3)19-15)18-6-7-21-8-10-22-11-9-21/h12-13H,4-11H2,1-3H3,(H2,17,18,19,20). The van der Waals surface area contributed by atoms with Crippen molar-refractivity contribution in [2.24, 2.45) is 5.92 Å². The van der Waals surface area contributed by atoms with E-state index in [0.29, 0.717) is 5.92 Å². The molecule has 1 aromatic heterocycles. The zero-order valence-corrected chi connectivity index (χ0v) is 14.1. The molecule has 0 amide bonds. The molecular weight excluding hydrogens is 278 g/mol. The van der Waals surface area contributed by atoms with Gasteiger partial charge >= 0.3 is 0 Å². The molecule has 2 N–H and O–H groups in total. The number of nitrogens with one attached hydrogen (secondary N) is 2. The Morgan fingerprint density at radius 3 is 2.41 bits per heavy atom. The highest BCUT2D eigenvalue weighted by atomic mass is 16.5. The Labute approximate surface area is 133 Å². The predicted molar refractivity (Wildman–Crippen MR) is 90.5 cm³/mol. The smallest absolute Gasteiger partial charge is 0.131 e. The van der Waals surface area contributed by atoms with E-state index in [0.717, 1.165) is 69.8 Å². The number of aryl methyl sites for hydroxylation is 1. The Hall–Kier alpha value is -1.40. The van der Waals surface area contributed by atoms with Gasteiger partial charge in [-0.15, -0.1) is 0 Å². The van der Waals surface area contributed by atoms with Crippen molar-refractivity contribution in [3.63, 3.8) is 0 Å². The number of ether oxygens (including phenoxy) is 1. The van der Waals surface area contributed by atoms with Gasteiger partial charge in [0.1, 0.15) is 17.5 Å². The number of anilines is 2. The predicted octanol–water partition coefficient (Wildman–Crippen LogP) is 1.99. The Morgan fingerprint density at radius 1 is 1.14 bits per heavy atom. The largest absolute Gasteiger partial charge is 0.379 e. The normalized spacial score (nSPS) is 16.0. The maximum atomic E-state index is 5.36. The highest BCUT2D eigenvalue weighted by Crippen LogP contribution is 2.11. The summed E-state index contributed by atoms with van der Waals surface area (Å²) in [6.45, 7) is 13.0. The van der Waals surface area contributed by atoms with Gasteiger partial charge in [-0.1, -0.05) is 13.8 Å². The van der Waals surface area contributed by atoms with E-state index in [9.17, 15) is 0 Å². The minimum Gasteiger partial charge on any atom is -0.379 e. The van der Waals surface area contributed by atoms with Crippen molar-refractivity contribution >= 4 is 11.6 Å². The summed E-state index contributed by atoms with van der Waals surface area (Å²) in [6.07, 6.45) is 1.14. The fourth-order valence-electron chi connectivity index (χ4n) is 2.40. The van der Waals surface area contributed by atoms with Gasteiger partial charge in [0.2, 0.25) is 0 Å². The molecule has 0 bridgehead atoms. The van der Waals surface area contributed by atoms with Gasteiger partial charge < -0.3 is 15.4 Å². The second kappa shape index (κ2) is 8.90. The van der Waals surface area contributed by atoms with Crippen LogP contribution in [0.1, 0.15) is 26.1 Å². The van der Waals surface area contributed by atoms with Crippen LogP contribution in [0, 0.1) is 12.8 Å². The minimum absolute atomic E-state index is 0.696. The van der Waals surface area contributed by atoms with Gasteiger partial charge in [-0.25, -0.2) is 9.97 Å². The zero-order valence-electron chi connectivity index (χ0n) is 14.1. The molecule has 1 fully saturated rings. The van der Waals surface area contributed by atoms with E-state index >= 15 is 0 Å². The van der Waals surface area contributed by atoms with E-state index in [1.807, 2.05) is 13.0 Å². The first-order valence-electron chi connectivity index (χ1n) is 8.27. The van der Waals surface area contributed by atoms with Crippen LogP contribution < -0.4 is 10.6 Å². The molecule has 6 heteroatoms. The average molecular weight is 307 g/mol. The van der Waals surface area contributed by atoms with E-state index < -0.39 is 0 Å². The van der Waals surface area contributed by atoms with Gasteiger partial charge in [-0.05, 0) is 19.3 Å². The third-order valence-corrected chi connectivity index (χ3v) is 3.70. The van der Waals surface area contributed by atoms with E-state index in [4.69, 9.17) is 4.74 Å². The number of hydrogen-bond acceptors (Lipinski definition) is 6. The molecule has 0 aliphatic carbocycles. The van der Waals surface area contributed by atoms with Crippen LogP contribution in [0.4, 0.5) is 11.6 Å². The van der Waals surface area contributed by atoms with E-state index in [1.54, 1.807) is 0 Å². The Balaban J connectivity index is 1.78. The van der Waals surface area contributed by atoms with Crippen LogP contribution in [0.3, 0.4) is 0 Å². The van der Waals surface area contributed by atoms with Gasteiger partial charge in [0.25, 0.3) is 0 Å². The van der Waals surface area contributed by atoms with E-state index in [-0.39, 0.29) is 0 Å². The summed E-state index contributed by atoms with van der Waals surface area (Å²) in [5.74, 6) is 3.29. The van der Waals surface area contributed by atoms with Gasteiger partial charge in [-0.3, -0.25) is 4.90 Å². The van der Waals surface area contributed by atoms with E-state index in [2.05, 4.69) is 39.3 Å². The molecule has 1 aliphatic heterocycles. The summed E-state index contributed by atoms with van der Waals surface area (Å²) in [6, 6.07) is 1.99. The molecule has 2 heterocycles. The third kappa shape index (κ3) is 6.15. The lowest BCUT2D eigenvalue weighted by Gasteiger charge is -2.26. The summed E-state index contributed by atoms with van der Waals surface area (Å²) in [5, 5.41) is 6.78. The molecule has 124 valence electrons. The second-order valence-electron chi connectivity index (χ2n) is 6.18. The molecule has 0 aromatic carbocycles. The molecule has 6 nitrogen and oxygen atoms in total. The summed E-state index contributed by atoms with van der Waals surface area (Å²) >= 11 is 0. The van der Waals surface area contributed by atoms with Gasteiger partial charge in [0.15, 0.2) is 0 Å². The van der Waals surface area contributed by atoms with Gasteiger partial charge in [-0.2, -0.15) is 0 Å². The van der Waals surface area contributed by atoms with Crippen LogP contribution in [-0.2, 0) is 4.74 Å². The lowest BCUT2D eigenvalue weighted by Crippen LogP contribution is -2.39. The van der Waals surface area contributed by atoms with Crippen molar-refractivity contribution in [2.75, 3.05) is 56.6 Å². The molecule has 2 rings (SSSR count). The van der Waals surface area contributed by atoms with Crippen LogP contribution in [0.15, 0.2) is 6.07 Å². The van der Waals surface area contributed by atoms with Crippen LogP contribution in [0.2, 0.25) is 0 Å². The number of rotatable bonds is 8. The van der Waals surface area contributed by atoms with Crippen LogP contribution in [0.5, 0.6) is 0 Å². The fourth-order valence-corrected chi connectivity index (χ4v) is 2.40. The monoisotopic (exact) mass is 307 g/mol. The quantitative estimate of drug-likeness (QED) is 0.766. The molecule has 0 atom stereocenters. The molecule has 0 radical (unpaired) electrons. The molecule has 1 saturated heterocycles. The molecule has 1 aromatic rings. The molecule has 1 aliphatic rings. The van der Waals surface area contributed by atoms with E-state index in [1.165, 1.54) is 0 Å². The third-order valence-electron chi connectivity index (χ3n) is 3.70. The summed E-state index contributed by atoms with van der Waals surface area (Å²) < 4.78 is 5.36. The molecule has 0 spiro atoms. The summed E-state index contributed by atoms with van der Waals surface area (Å²) in [5.41, 5.74) is 0. The highest BCUT2D eigenvalue weighted by molar-refractivity contribution is 5.47. The number of aromatic nitrogens is 2. The number of hydrogen-bond donors (Lipinski definition) is 2. The van der Waals surface area contributed by atoms with Crippen molar-refractivity contribution < 1.29 is 4.74 Å². The minimum atomic E-state index is 0.696. The van der Waals surface area contributed by atoms with Crippen molar-refractivity contribution in [3.8, 4) is 0 Å². The lowest BCUT2D eigenvalue weighted by atomic mass is 10.1. The fraction of sp³-hybridized carbons (Fsp3) is 0.750. The van der Waals surface area contributed by atoms with Crippen LogP contribution >= 0.6 is 0 Å². The second-order valence-corrected chi connectivity index (χ2v) is 6.18. The van der Waals surface area contributed by atoms with Gasteiger partial charge in [0, 0.05) is 38.8 Å². The SMILES string of the molecule is Cc1nc(NCCC(C)C)cc(NCCN2CCOCC2)n1. The highest BCUT2D eigenvalue weighted by Gasteiger charge is 2.09. The number of morpholine rings is 1. The lowest BCUT2D eigenvalue weighted by molar-refractivity contribution is 0.0398. The molecule has 0 unspecified atom stereocenters. The van der Waals surface area contributed by atoms with Crippen molar-refractivity contribution in [2.45, 2.75) is 27.2 Å².